The standard InChI is InChI=1S/C20H16N2O5/c23-18-10-16(19(24)25)17(11-21-18)14-6-8-15(9-7-14)22-20(26)27-12-13-4-2-1-3-5-13/h1-11H,12H2,(H,21,23)(H,22,26)(H,24,25). The Hall–Kier alpha value is -3.87. The quantitative estimate of drug-likeness (QED) is 0.642. The number of benzene rings is 2. The third kappa shape index (κ3) is 4.60. The van der Waals surface area contributed by atoms with E-state index in [2.05, 4.69) is 10.3 Å². The van der Waals surface area contributed by atoms with Crippen molar-refractivity contribution in [2.45, 2.75) is 6.61 Å². The van der Waals surface area contributed by atoms with Gasteiger partial charge in [0, 0.05) is 23.5 Å². The van der Waals surface area contributed by atoms with E-state index < -0.39 is 17.6 Å². The summed E-state index contributed by atoms with van der Waals surface area (Å²) in [4.78, 5) is 37.0. The fraction of sp³-hybridized carbons (Fsp3) is 0.0500. The number of aromatic nitrogens is 1. The number of aromatic carboxylic acids is 1. The number of rotatable bonds is 5. The minimum Gasteiger partial charge on any atom is -0.478 e. The minimum absolute atomic E-state index is 0.0956. The van der Waals surface area contributed by atoms with Crippen molar-refractivity contribution in [3.63, 3.8) is 0 Å². The highest BCUT2D eigenvalue weighted by atomic mass is 16.5. The van der Waals surface area contributed by atoms with Crippen LogP contribution in [0.5, 0.6) is 0 Å². The van der Waals surface area contributed by atoms with Gasteiger partial charge in [0.2, 0.25) is 5.56 Å². The summed E-state index contributed by atoms with van der Waals surface area (Å²) < 4.78 is 5.14. The zero-order valence-electron chi connectivity index (χ0n) is 14.1. The smallest absolute Gasteiger partial charge is 0.411 e. The number of carbonyl (C=O) groups is 2. The molecule has 1 aromatic heterocycles. The second kappa shape index (κ2) is 8.01. The molecular weight excluding hydrogens is 348 g/mol. The molecule has 3 rings (SSSR count). The van der Waals surface area contributed by atoms with E-state index in [1.807, 2.05) is 30.3 Å². The molecule has 0 atom stereocenters. The molecule has 3 aromatic rings. The van der Waals surface area contributed by atoms with Crippen LogP contribution in [0.1, 0.15) is 15.9 Å². The maximum absolute atomic E-state index is 11.9. The molecule has 0 aliphatic heterocycles. The van der Waals surface area contributed by atoms with Gasteiger partial charge >= 0.3 is 12.1 Å². The lowest BCUT2D eigenvalue weighted by molar-refractivity contribution is 0.0697. The van der Waals surface area contributed by atoms with Gasteiger partial charge in [-0.25, -0.2) is 9.59 Å². The van der Waals surface area contributed by atoms with Crippen LogP contribution < -0.4 is 10.9 Å². The zero-order valence-corrected chi connectivity index (χ0v) is 14.1. The van der Waals surface area contributed by atoms with Gasteiger partial charge in [0.25, 0.3) is 0 Å². The van der Waals surface area contributed by atoms with Gasteiger partial charge in [-0.3, -0.25) is 10.1 Å². The molecule has 7 nitrogen and oxygen atoms in total. The topological polar surface area (TPSA) is 108 Å². The number of pyridine rings is 1. The molecular formula is C20H16N2O5. The summed E-state index contributed by atoms with van der Waals surface area (Å²) in [5.74, 6) is -1.19. The SMILES string of the molecule is O=C(Nc1ccc(-c2c[nH]c(=O)cc2C(=O)O)cc1)OCc1ccccc1. The molecule has 0 bridgehead atoms. The van der Waals surface area contributed by atoms with Crippen LogP contribution in [0, 0.1) is 0 Å². The highest BCUT2D eigenvalue weighted by molar-refractivity contribution is 5.96. The van der Waals surface area contributed by atoms with Gasteiger partial charge in [-0.1, -0.05) is 42.5 Å². The molecule has 0 saturated heterocycles. The van der Waals surface area contributed by atoms with Crippen molar-refractivity contribution >= 4 is 17.7 Å². The summed E-state index contributed by atoms with van der Waals surface area (Å²) in [7, 11) is 0. The molecule has 0 spiro atoms. The highest BCUT2D eigenvalue weighted by Gasteiger charge is 2.13. The van der Waals surface area contributed by atoms with E-state index in [9.17, 15) is 19.5 Å². The first kappa shape index (κ1) is 17.9. The van der Waals surface area contributed by atoms with Crippen molar-refractivity contribution in [2.24, 2.45) is 0 Å². The normalized spacial score (nSPS) is 10.2. The summed E-state index contributed by atoms with van der Waals surface area (Å²) in [5.41, 5.74) is 1.75. The summed E-state index contributed by atoms with van der Waals surface area (Å²) in [6.07, 6.45) is 0.754. The van der Waals surface area contributed by atoms with Crippen molar-refractivity contribution in [1.82, 2.24) is 4.98 Å². The van der Waals surface area contributed by atoms with Crippen LogP contribution in [0.2, 0.25) is 0 Å². The van der Waals surface area contributed by atoms with E-state index in [1.54, 1.807) is 24.3 Å². The molecule has 0 fully saturated rings. The van der Waals surface area contributed by atoms with Crippen molar-refractivity contribution in [3.05, 3.63) is 88.3 Å². The van der Waals surface area contributed by atoms with Crippen molar-refractivity contribution in [2.75, 3.05) is 5.32 Å². The Labute approximate surface area is 154 Å². The van der Waals surface area contributed by atoms with E-state index in [0.29, 0.717) is 16.8 Å². The van der Waals surface area contributed by atoms with E-state index in [0.717, 1.165) is 11.6 Å². The van der Waals surface area contributed by atoms with E-state index in [1.165, 1.54) is 6.20 Å². The fourth-order valence-corrected chi connectivity index (χ4v) is 2.50. The van der Waals surface area contributed by atoms with Crippen LogP contribution in [0.15, 0.2) is 71.7 Å². The number of ether oxygens (including phenoxy) is 1. The average molecular weight is 364 g/mol. The van der Waals surface area contributed by atoms with Crippen LogP contribution in [0.25, 0.3) is 11.1 Å². The van der Waals surface area contributed by atoms with Gasteiger partial charge in [-0.05, 0) is 23.3 Å². The molecule has 3 N–H and O–H groups in total. The monoisotopic (exact) mass is 364 g/mol. The first-order chi connectivity index (χ1) is 13.0. The number of carboxylic acid groups (broad SMARTS) is 1. The third-order valence-electron chi connectivity index (χ3n) is 3.81. The van der Waals surface area contributed by atoms with Crippen LogP contribution in [-0.2, 0) is 11.3 Å². The second-order valence-corrected chi connectivity index (χ2v) is 5.69. The number of carbonyl (C=O) groups excluding carboxylic acids is 1. The summed E-state index contributed by atoms with van der Waals surface area (Å²) in [6.45, 7) is 0.157. The number of hydrogen-bond donors (Lipinski definition) is 3. The average Bonchev–Trinajstić information content (AvgIpc) is 2.68. The third-order valence-corrected chi connectivity index (χ3v) is 3.81. The molecule has 136 valence electrons. The van der Waals surface area contributed by atoms with Gasteiger partial charge in [-0.15, -0.1) is 0 Å². The molecule has 0 saturated carbocycles. The van der Waals surface area contributed by atoms with Gasteiger partial charge in [0.1, 0.15) is 6.61 Å². The Balaban J connectivity index is 1.68. The van der Waals surface area contributed by atoms with E-state index in [-0.39, 0.29) is 12.2 Å². The summed E-state index contributed by atoms with van der Waals surface area (Å²) in [5, 5.41) is 11.9. The molecule has 1 amide bonds. The maximum atomic E-state index is 11.9. The van der Waals surface area contributed by atoms with Crippen LogP contribution in [-0.4, -0.2) is 22.2 Å². The van der Waals surface area contributed by atoms with Gasteiger partial charge < -0.3 is 14.8 Å². The maximum Gasteiger partial charge on any atom is 0.411 e. The van der Waals surface area contributed by atoms with Gasteiger partial charge in [-0.2, -0.15) is 0 Å². The van der Waals surface area contributed by atoms with E-state index >= 15 is 0 Å². The summed E-state index contributed by atoms with van der Waals surface area (Å²) >= 11 is 0. The number of amides is 1. The largest absolute Gasteiger partial charge is 0.478 e. The number of anilines is 1. The molecule has 0 radical (unpaired) electrons. The van der Waals surface area contributed by atoms with Gasteiger partial charge in [0.15, 0.2) is 0 Å². The molecule has 0 unspecified atom stereocenters. The molecule has 2 aromatic carbocycles. The predicted molar refractivity (Wildman–Crippen MR) is 99.7 cm³/mol. The number of carboxylic acids is 1. The van der Waals surface area contributed by atoms with E-state index in [4.69, 9.17) is 4.74 Å². The Kier molecular flexibility index (Phi) is 5.32. The zero-order chi connectivity index (χ0) is 19.2. The highest BCUT2D eigenvalue weighted by Crippen LogP contribution is 2.23. The lowest BCUT2D eigenvalue weighted by Gasteiger charge is -2.09. The first-order valence-corrected chi connectivity index (χ1v) is 8.07. The van der Waals surface area contributed by atoms with Crippen molar-refractivity contribution < 1.29 is 19.4 Å². The Bertz CT molecular complexity index is 1010. The minimum atomic E-state index is -1.19. The molecule has 0 aliphatic carbocycles. The van der Waals surface area contributed by atoms with Crippen molar-refractivity contribution in [1.29, 1.82) is 0 Å². The summed E-state index contributed by atoms with van der Waals surface area (Å²) in [6, 6.07) is 16.9. The Morgan fingerprint density at radius 3 is 2.41 bits per heavy atom. The molecule has 1 heterocycles. The first-order valence-electron chi connectivity index (χ1n) is 8.07. The number of nitrogens with one attached hydrogen (secondary N) is 2. The number of aromatic amines is 1. The van der Waals surface area contributed by atoms with Gasteiger partial charge in [0.05, 0.1) is 5.56 Å². The fourth-order valence-electron chi connectivity index (χ4n) is 2.50. The number of H-pyrrole nitrogens is 1. The molecule has 0 aliphatic rings. The predicted octanol–water partition coefficient (Wildman–Crippen LogP) is 3.49. The Morgan fingerprint density at radius 2 is 1.74 bits per heavy atom. The lowest BCUT2D eigenvalue weighted by atomic mass is 10.0. The molecule has 27 heavy (non-hydrogen) atoms. The lowest BCUT2D eigenvalue weighted by Crippen LogP contribution is -2.13. The van der Waals surface area contributed by atoms with Crippen LogP contribution in [0.3, 0.4) is 0 Å². The second-order valence-electron chi connectivity index (χ2n) is 5.69. The Morgan fingerprint density at radius 1 is 1.04 bits per heavy atom. The van der Waals surface area contributed by atoms with Crippen LogP contribution >= 0.6 is 0 Å². The van der Waals surface area contributed by atoms with Crippen molar-refractivity contribution in [3.8, 4) is 11.1 Å². The molecule has 7 heteroatoms. The van der Waals surface area contributed by atoms with Crippen LogP contribution in [0.4, 0.5) is 10.5 Å². The number of hydrogen-bond acceptors (Lipinski definition) is 4.